The van der Waals surface area contributed by atoms with Crippen molar-refractivity contribution in [3.8, 4) is 5.75 Å². The summed E-state index contributed by atoms with van der Waals surface area (Å²) in [6, 6.07) is 4.56. The third-order valence-corrected chi connectivity index (χ3v) is 2.95. The number of aliphatic carboxylic acids is 1. The van der Waals surface area contributed by atoms with Gasteiger partial charge in [-0.25, -0.2) is 0 Å². The predicted molar refractivity (Wildman–Crippen MR) is 69.6 cm³/mol. The molecule has 1 aromatic carbocycles. The van der Waals surface area contributed by atoms with Gasteiger partial charge in [-0.15, -0.1) is 0 Å². The smallest absolute Gasteiger partial charge is 0.305 e. The van der Waals surface area contributed by atoms with E-state index in [1.807, 2.05) is 0 Å². The molecule has 0 aromatic heterocycles. The number of hydrogen-bond donors (Lipinski definition) is 2. The third kappa shape index (κ3) is 3.73. The number of halogens is 1. The van der Waals surface area contributed by atoms with Crippen molar-refractivity contribution in [1.82, 2.24) is 4.90 Å². The molecule has 18 heavy (non-hydrogen) atoms. The number of aromatic hydroxyl groups is 1. The first-order valence-corrected chi connectivity index (χ1v) is 6.24. The number of carbonyl (C=O) groups is 2. The van der Waals surface area contributed by atoms with Gasteiger partial charge in [0, 0.05) is 17.6 Å². The fourth-order valence-corrected chi connectivity index (χ4v) is 1.84. The molecule has 0 unspecified atom stereocenters. The van der Waals surface area contributed by atoms with Gasteiger partial charge in [0.15, 0.2) is 0 Å². The lowest BCUT2D eigenvalue weighted by Gasteiger charge is -2.20. The Bertz CT molecular complexity index is 461. The molecule has 0 aliphatic carbocycles. The largest absolute Gasteiger partial charge is 0.507 e. The first-order valence-electron chi connectivity index (χ1n) is 5.45. The van der Waals surface area contributed by atoms with Crippen LogP contribution < -0.4 is 0 Å². The van der Waals surface area contributed by atoms with E-state index in [0.717, 1.165) is 0 Å². The van der Waals surface area contributed by atoms with Crippen LogP contribution >= 0.6 is 15.9 Å². The summed E-state index contributed by atoms with van der Waals surface area (Å²) in [4.78, 5) is 24.0. The highest BCUT2D eigenvalue weighted by Gasteiger charge is 2.18. The van der Waals surface area contributed by atoms with Gasteiger partial charge in [0.05, 0.1) is 12.0 Å². The summed E-state index contributed by atoms with van der Waals surface area (Å²) in [6.45, 7) is 2.27. The van der Waals surface area contributed by atoms with Crippen LogP contribution in [0.5, 0.6) is 5.75 Å². The third-order valence-electron chi connectivity index (χ3n) is 2.45. The fourth-order valence-electron chi connectivity index (χ4n) is 1.48. The van der Waals surface area contributed by atoms with E-state index in [0.29, 0.717) is 11.0 Å². The minimum absolute atomic E-state index is 0.114. The van der Waals surface area contributed by atoms with Gasteiger partial charge in [-0.1, -0.05) is 15.9 Å². The van der Waals surface area contributed by atoms with E-state index in [1.165, 1.54) is 17.0 Å². The zero-order valence-electron chi connectivity index (χ0n) is 9.89. The summed E-state index contributed by atoms with van der Waals surface area (Å²) in [5.74, 6) is -1.45. The molecule has 0 bridgehead atoms. The Morgan fingerprint density at radius 1 is 1.39 bits per heavy atom. The highest BCUT2D eigenvalue weighted by atomic mass is 79.9. The lowest BCUT2D eigenvalue weighted by molar-refractivity contribution is -0.137. The second kappa shape index (κ2) is 6.39. The van der Waals surface area contributed by atoms with Gasteiger partial charge < -0.3 is 15.1 Å². The number of carbonyl (C=O) groups excluding carboxylic acids is 1. The molecule has 6 heteroatoms. The number of carboxylic acid groups (broad SMARTS) is 1. The molecule has 0 aliphatic heterocycles. The molecule has 2 N–H and O–H groups in total. The van der Waals surface area contributed by atoms with Crippen LogP contribution in [0, 0.1) is 0 Å². The van der Waals surface area contributed by atoms with Crippen LogP contribution in [0.3, 0.4) is 0 Å². The number of hydrogen-bond acceptors (Lipinski definition) is 3. The molecular formula is C12H14BrNO4. The van der Waals surface area contributed by atoms with Crippen molar-refractivity contribution in [2.45, 2.75) is 13.3 Å². The number of benzene rings is 1. The van der Waals surface area contributed by atoms with Crippen LogP contribution in [0.1, 0.15) is 23.7 Å². The molecule has 0 saturated heterocycles. The van der Waals surface area contributed by atoms with Gasteiger partial charge in [-0.2, -0.15) is 0 Å². The summed E-state index contributed by atoms with van der Waals surface area (Å²) in [5, 5.41) is 18.3. The van der Waals surface area contributed by atoms with Crippen molar-refractivity contribution < 1.29 is 19.8 Å². The van der Waals surface area contributed by atoms with E-state index in [4.69, 9.17) is 5.11 Å². The van der Waals surface area contributed by atoms with Gasteiger partial charge in [0.25, 0.3) is 5.91 Å². The van der Waals surface area contributed by atoms with Gasteiger partial charge in [0.2, 0.25) is 0 Å². The lowest BCUT2D eigenvalue weighted by atomic mass is 10.1. The van der Waals surface area contributed by atoms with Crippen molar-refractivity contribution in [1.29, 1.82) is 0 Å². The number of nitrogens with zero attached hydrogens (tertiary/aromatic N) is 1. The molecule has 98 valence electrons. The minimum Gasteiger partial charge on any atom is -0.507 e. The first kappa shape index (κ1) is 14.5. The van der Waals surface area contributed by atoms with Crippen LogP contribution in [0.25, 0.3) is 0 Å². The number of carboxylic acids is 1. The SMILES string of the molecule is CCN(CCC(=O)O)C(=O)c1cc(Br)ccc1O. The molecule has 0 radical (unpaired) electrons. The van der Waals surface area contributed by atoms with Crippen molar-refractivity contribution in [2.75, 3.05) is 13.1 Å². The Morgan fingerprint density at radius 2 is 2.06 bits per heavy atom. The highest BCUT2D eigenvalue weighted by molar-refractivity contribution is 9.10. The number of phenolic OH excluding ortho intramolecular Hbond substituents is 1. The molecule has 0 atom stereocenters. The maximum atomic E-state index is 12.1. The predicted octanol–water partition coefficient (Wildman–Crippen LogP) is 2.09. The molecule has 1 rings (SSSR count). The summed E-state index contributed by atoms with van der Waals surface area (Å²) in [7, 11) is 0. The Kier molecular flexibility index (Phi) is 5.15. The van der Waals surface area contributed by atoms with E-state index in [9.17, 15) is 14.7 Å². The lowest BCUT2D eigenvalue weighted by Crippen LogP contribution is -2.32. The molecule has 0 heterocycles. The van der Waals surface area contributed by atoms with Crippen LogP contribution in [0.15, 0.2) is 22.7 Å². The minimum atomic E-state index is -0.959. The monoisotopic (exact) mass is 315 g/mol. The van der Waals surface area contributed by atoms with Crippen molar-refractivity contribution in [3.63, 3.8) is 0 Å². The van der Waals surface area contributed by atoms with Gasteiger partial charge in [0.1, 0.15) is 5.75 Å². The van der Waals surface area contributed by atoms with Crippen LogP contribution in [-0.4, -0.2) is 40.1 Å². The average Bonchev–Trinajstić information content (AvgIpc) is 2.32. The molecule has 0 spiro atoms. The van der Waals surface area contributed by atoms with E-state index in [-0.39, 0.29) is 30.2 Å². The molecule has 1 aromatic rings. The van der Waals surface area contributed by atoms with Gasteiger partial charge >= 0.3 is 5.97 Å². The fraction of sp³-hybridized carbons (Fsp3) is 0.333. The molecule has 0 aliphatic rings. The number of phenols is 1. The summed E-state index contributed by atoms with van der Waals surface area (Å²) < 4.78 is 0.679. The molecular weight excluding hydrogens is 302 g/mol. The normalized spacial score (nSPS) is 10.1. The van der Waals surface area contributed by atoms with Crippen molar-refractivity contribution in [3.05, 3.63) is 28.2 Å². The molecule has 0 fully saturated rings. The van der Waals surface area contributed by atoms with Crippen LogP contribution in [0.2, 0.25) is 0 Å². The standard InChI is InChI=1S/C12H14BrNO4/c1-2-14(6-5-11(16)17)12(18)9-7-8(13)3-4-10(9)15/h3-4,7,15H,2,5-6H2,1H3,(H,16,17). The van der Waals surface area contributed by atoms with E-state index < -0.39 is 5.97 Å². The summed E-state index contributed by atoms with van der Waals surface area (Å²) >= 11 is 3.22. The average molecular weight is 316 g/mol. The molecule has 0 saturated carbocycles. The Morgan fingerprint density at radius 3 is 2.61 bits per heavy atom. The second-order valence-electron chi connectivity index (χ2n) is 3.69. The summed E-state index contributed by atoms with van der Waals surface area (Å²) in [6.07, 6.45) is -0.117. The first-order chi connectivity index (χ1) is 8.45. The zero-order chi connectivity index (χ0) is 13.7. The molecule has 5 nitrogen and oxygen atoms in total. The Balaban J connectivity index is 2.89. The second-order valence-corrected chi connectivity index (χ2v) is 4.61. The Labute approximate surface area is 113 Å². The van der Waals surface area contributed by atoms with Crippen LogP contribution in [-0.2, 0) is 4.79 Å². The maximum absolute atomic E-state index is 12.1. The zero-order valence-corrected chi connectivity index (χ0v) is 11.5. The number of amides is 1. The quantitative estimate of drug-likeness (QED) is 0.872. The Hall–Kier alpha value is -1.56. The van der Waals surface area contributed by atoms with Crippen molar-refractivity contribution >= 4 is 27.8 Å². The van der Waals surface area contributed by atoms with E-state index in [1.54, 1.807) is 13.0 Å². The van der Waals surface area contributed by atoms with E-state index in [2.05, 4.69) is 15.9 Å². The summed E-state index contributed by atoms with van der Waals surface area (Å²) in [5.41, 5.74) is 0.164. The maximum Gasteiger partial charge on any atom is 0.305 e. The van der Waals surface area contributed by atoms with Crippen LogP contribution in [0.4, 0.5) is 0 Å². The van der Waals surface area contributed by atoms with Gasteiger partial charge in [-0.3, -0.25) is 9.59 Å². The van der Waals surface area contributed by atoms with Crippen molar-refractivity contribution in [2.24, 2.45) is 0 Å². The topological polar surface area (TPSA) is 77.8 Å². The van der Waals surface area contributed by atoms with Gasteiger partial charge in [-0.05, 0) is 25.1 Å². The van der Waals surface area contributed by atoms with E-state index >= 15 is 0 Å². The molecule has 1 amide bonds. The number of rotatable bonds is 5. The highest BCUT2D eigenvalue weighted by Crippen LogP contribution is 2.23.